The second-order valence-electron chi connectivity index (χ2n) is 10.2. The molecule has 1 unspecified atom stereocenters. The van der Waals surface area contributed by atoms with Crippen molar-refractivity contribution in [2.75, 3.05) is 10.2 Å². The monoisotopic (exact) mass is 716 g/mol. The van der Waals surface area contributed by atoms with E-state index in [9.17, 15) is 53.5 Å². The molecule has 242 valence electrons. The van der Waals surface area contributed by atoms with Crippen LogP contribution in [0.15, 0.2) is 65.1 Å². The van der Waals surface area contributed by atoms with Crippen molar-refractivity contribution in [2.45, 2.75) is 50.0 Å². The molecule has 0 bridgehead atoms. The van der Waals surface area contributed by atoms with Crippen LogP contribution in [0.1, 0.15) is 51.6 Å². The molecule has 0 heterocycles. The average Bonchev–Trinajstić information content (AvgIpc) is 3.79. The predicted octanol–water partition coefficient (Wildman–Crippen LogP) is 9.59. The average molecular weight is 717 g/mol. The number of amides is 2. The summed E-state index contributed by atoms with van der Waals surface area (Å²) in [6.07, 6.45) is -17.7. The lowest BCUT2D eigenvalue weighted by atomic mass is 9.92. The standard InChI is InChI=1S/C29H20BrF11N2O2/c1-14(15-10-11-15)43(25(45)16-6-3-2-4-7-16)21-9-5-8-18(22(21)31)24(44)42-23-19(27(33,34)35)12-17(13-20(23)30)26(32,28(36,37)38)29(39,40)41/h2-9,12-15H,10-11H2,1H3,(H,42,44). The van der Waals surface area contributed by atoms with E-state index >= 15 is 4.39 Å². The lowest BCUT2D eigenvalue weighted by Gasteiger charge is -2.31. The largest absolute Gasteiger partial charge is 0.435 e. The molecule has 45 heavy (non-hydrogen) atoms. The van der Waals surface area contributed by atoms with Crippen LogP contribution in [0, 0.1) is 11.7 Å². The quantitative estimate of drug-likeness (QED) is 0.248. The van der Waals surface area contributed by atoms with Gasteiger partial charge in [-0.05, 0) is 78.0 Å². The van der Waals surface area contributed by atoms with Gasteiger partial charge in [0.1, 0.15) is 0 Å². The Balaban J connectivity index is 1.79. The number of halogens is 12. The molecule has 0 radical (unpaired) electrons. The number of alkyl halides is 10. The fourth-order valence-electron chi connectivity index (χ4n) is 4.73. The van der Waals surface area contributed by atoms with E-state index in [2.05, 4.69) is 15.9 Å². The van der Waals surface area contributed by atoms with Gasteiger partial charge in [0.05, 0.1) is 22.5 Å². The number of carbonyl (C=O) groups is 2. The molecule has 1 aliphatic carbocycles. The van der Waals surface area contributed by atoms with E-state index in [1.807, 2.05) is 0 Å². The van der Waals surface area contributed by atoms with Crippen molar-refractivity contribution in [1.82, 2.24) is 0 Å². The van der Waals surface area contributed by atoms with Crippen LogP contribution in [0.5, 0.6) is 0 Å². The molecule has 4 rings (SSSR count). The van der Waals surface area contributed by atoms with Crippen molar-refractivity contribution in [1.29, 1.82) is 0 Å². The minimum atomic E-state index is -6.72. The summed E-state index contributed by atoms with van der Waals surface area (Å²) in [5.41, 5.74) is -13.5. The van der Waals surface area contributed by atoms with Crippen molar-refractivity contribution < 1.29 is 57.9 Å². The van der Waals surface area contributed by atoms with Crippen molar-refractivity contribution in [2.24, 2.45) is 5.92 Å². The maximum Gasteiger partial charge on any atom is 0.435 e. The van der Waals surface area contributed by atoms with E-state index < -0.39 is 86.5 Å². The SMILES string of the molecule is CC(C1CC1)N(C(=O)c1ccccc1)c1cccc(C(=O)Nc2c(Br)cc(C(F)(C(F)(F)F)C(F)(F)F)cc2C(F)(F)F)c1F. The van der Waals surface area contributed by atoms with Crippen molar-refractivity contribution >= 4 is 39.1 Å². The highest BCUT2D eigenvalue weighted by atomic mass is 79.9. The number of anilines is 2. The van der Waals surface area contributed by atoms with Crippen LogP contribution in [-0.2, 0) is 11.8 Å². The molecule has 3 aromatic rings. The van der Waals surface area contributed by atoms with Gasteiger partial charge in [-0.2, -0.15) is 39.5 Å². The summed E-state index contributed by atoms with van der Waals surface area (Å²) >= 11 is 2.40. The zero-order valence-electron chi connectivity index (χ0n) is 22.6. The predicted molar refractivity (Wildman–Crippen MR) is 144 cm³/mol. The third-order valence-electron chi connectivity index (χ3n) is 7.25. The van der Waals surface area contributed by atoms with Gasteiger partial charge < -0.3 is 10.2 Å². The maximum absolute atomic E-state index is 15.9. The molecular formula is C29H20BrF11N2O2. The Morgan fingerprint density at radius 1 is 0.867 bits per heavy atom. The van der Waals surface area contributed by atoms with Gasteiger partial charge in [-0.25, -0.2) is 8.78 Å². The van der Waals surface area contributed by atoms with Crippen LogP contribution >= 0.6 is 15.9 Å². The highest BCUT2D eigenvalue weighted by Gasteiger charge is 2.73. The van der Waals surface area contributed by atoms with Crippen LogP contribution in [-0.4, -0.2) is 30.2 Å². The molecule has 4 nitrogen and oxygen atoms in total. The van der Waals surface area contributed by atoms with E-state index in [0.29, 0.717) is 12.8 Å². The van der Waals surface area contributed by atoms with Gasteiger partial charge in [0.25, 0.3) is 11.8 Å². The first-order valence-corrected chi connectivity index (χ1v) is 13.7. The van der Waals surface area contributed by atoms with E-state index in [1.165, 1.54) is 12.1 Å². The number of hydrogen-bond donors (Lipinski definition) is 1. The van der Waals surface area contributed by atoms with Crippen molar-refractivity contribution in [3.05, 3.63) is 93.2 Å². The van der Waals surface area contributed by atoms with Crippen LogP contribution < -0.4 is 10.2 Å². The van der Waals surface area contributed by atoms with E-state index in [0.717, 1.165) is 23.1 Å². The summed E-state index contributed by atoms with van der Waals surface area (Å²) in [5.74, 6) is -3.61. The second-order valence-corrected chi connectivity index (χ2v) is 11.1. The summed E-state index contributed by atoms with van der Waals surface area (Å²) in [6, 6.07) is 9.30. The van der Waals surface area contributed by atoms with Crippen LogP contribution in [0.2, 0.25) is 0 Å². The van der Waals surface area contributed by atoms with Gasteiger partial charge >= 0.3 is 24.2 Å². The molecule has 1 N–H and O–H groups in total. The fourth-order valence-corrected chi connectivity index (χ4v) is 5.29. The molecule has 0 saturated heterocycles. The van der Waals surface area contributed by atoms with Gasteiger partial charge in [0.15, 0.2) is 5.82 Å². The maximum atomic E-state index is 15.9. The molecule has 0 aliphatic heterocycles. The summed E-state index contributed by atoms with van der Waals surface area (Å²) in [4.78, 5) is 27.7. The zero-order chi connectivity index (χ0) is 33.7. The van der Waals surface area contributed by atoms with Crippen molar-refractivity contribution in [3.8, 4) is 0 Å². The van der Waals surface area contributed by atoms with Crippen LogP contribution in [0.4, 0.5) is 59.7 Å². The number of nitrogens with zero attached hydrogens (tertiary/aromatic N) is 1. The van der Waals surface area contributed by atoms with E-state index in [1.54, 1.807) is 30.4 Å². The summed E-state index contributed by atoms with van der Waals surface area (Å²) in [7, 11) is 0. The minimum Gasteiger partial charge on any atom is -0.320 e. The number of nitrogens with one attached hydrogen (secondary N) is 1. The van der Waals surface area contributed by atoms with Gasteiger partial charge in [-0.3, -0.25) is 9.59 Å². The Morgan fingerprint density at radius 2 is 1.44 bits per heavy atom. The van der Waals surface area contributed by atoms with Gasteiger partial charge in [0.2, 0.25) is 0 Å². The van der Waals surface area contributed by atoms with Crippen LogP contribution in [0.3, 0.4) is 0 Å². The molecule has 2 amide bonds. The Labute approximate surface area is 256 Å². The first-order valence-electron chi connectivity index (χ1n) is 12.9. The molecule has 1 aliphatic rings. The molecule has 16 heteroatoms. The normalized spacial score (nSPS) is 15.0. The molecule has 1 fully saturated rings. The fraction of sp³-hybridized carbons (Fsp3) is 0.310. The number of rotatable bonds is 7. The molecule has 1 atom stereocenters. The summed E-state index contributed by atoms with van der Waals surface area (Å²) < 4.78 is 151. The van der Waals surface area contributed by atoms with E-state index in [-0.39, 0.29) is 17.5 Å². The number of benzene rings is 3. The Morgan fingerprint density at radius 3 is 1.96 bits per heavy atom. The van der Waals surface area contributed by atoms with Gasteiger partial charge in [-0.1, -0.05) is 24.3 Å². The third-order valence-corrected chi connectivity index (χ3v) is 7.87. The molecule has 0 aromatic heterocycles. The first kappa shape index (κ1) is 34.2. The minimum absolute atomic E-state index is 0.0191. The summed E-state index contributed by atoms with van der Waals surface area (Å²) in [6.45, 7) is 1.64. The highest BCUT2D eigenvalue weighted by molar-refractivity contribution is 9.10. The smallest absolute Gasteiger partial charge is 0.320 e. The van der Waals surface area contributed by atoms with Gasteiger partial charge in [0, 0.05) is 21.6 Å². The Bertz CT molecular complexity index is 1590. The third kappa shape index (κ3) is 6.51. The number of carbonyl (C=O) groups excluding carboxylic acids is 2. The van der Waals surface area contributed by atoms with Crippen LogP contribution in [0.25, 0.3) is 0 Å². The summed E-state index contributed by atoms with van der Waals surface area (Å²) in [5, 5.41) is 1.66. The number of hydrogen-bond acceptors (Lipinski definition) is 2. The molecule has 1 saturated carbocycles. The highest BCUT2D eigenvalue weighted by Crippen LogP contribution is 2.55. The second kappa shape index (κ2) is 11.9. The van der Waals surface area contributed by atoms with Crippen molar-refractivity contribution in [3.63, 3.8) is 0 Å². The molecule has 3 aromatic carbocycles. The lowest BCUT2D eigenvalue weighted by molar-refractivity contribution is -0.348. The molecule has 0 spiro atoms. The topological polar surface area (TPSA) is 49.4 Å². The van der Waals surface area contributed by atoms with Gasteiger partial charge in [-0.15, -0.1) is 0 Å². The first-order chi connectivity index (χ1) is 20.7. The lowest BCUT2D eigenvalue weighted by Crippen LogP contribution is -2.50. The van der Waals surface area contributed by atoms with E-state index in [4.69, 9.17) is 0 Å². The Hall–Kier alpha value is -3.69. The molecular weight excluding hydrogens is 697 g/mol. The zero-order valence-corrected chi connectivity index (χ0v) is 24.2. The Kier molecular flexibility index (Phi) is 9.05.